The van der Waals surface area contributed by atoms with Gasteiger partial charge in [-0.3, -0.25) is 0 Å². The number of fused-ring (bicyclic) bond motifs is 3. The van der Waals surface area contributed by atoms with Gasteiger partial charge < -0.3 is 9.47 Å². The lowest BCUT2D eigenvalue weighted by Gasteiger charge is -2.15. The molecule has 0 aliphatic carbocycles. The molecule has 4 nitrogen and oxygen atoms in total. The third-order valence-corrected chi connectivity index (χ3v) is 4.43. The Kier molecular flexibility index (Phi) is 4.71. The number of nitrogens with zero attached hydrogens (tertiary/aromatic N) is 1. The van der Waals surface area contributed by atoms with Crippen molar-refractivity contribution in [2.45, 2.75) is 19.6 Å². The second-order valence-electron chi connectivity index (χ2n) is 6.30. The van der Waals surface area contributed by atoms with Crippen LogP contribution in [0.3, 0.4) is 0 Å². The first-order valence-electron chi connectivity index (χ1n) is 8.87. The molecule has 0 radical (unpaired) electrons. The van der Waals surface area contributed by atoms with Crippen molar-refractivity contribution >= 4 is 27.6 Å². The van der Waals surface area contributed by atoms with Gasteiger partial charge in [-0.15, -0.1) is 0 Å². The number of aromatic nitrogens is 1. The molecule has 0 bridgehead atoms. The van der Waals surface area contributed by atoms with Gasteiger partial charge in [0.05, 0.1) is 11.2 Å². The van der Waals surface area contributed by atoms with Crippen LogP contribution >= 0.6 is 0 Å². The topological polar surface area (TPSA) is 48.4 Å². The largest absolute Gasteiger partial charge is 0.479 e. The first-order chi connectivity index (χ1) is 13.2. The summed E-state index contributed by atoms with van der Waals surface area (Å²) in [6.07, 6.45) is -0.695. The molecule has 0 fully saturated rings. The van der Waals surface area contributed by atoms with Crippen LogP contribution in [0, 0.1) is 0 Å². The highest BCUT2D eigenvalue weighted by atomic mass is 16.6. The highest BCUT2D eigenvalue weighted by Gasteiger charge is 2.17. The SMILES string of the molecule is CC(Oc1ccccc1)C(=O)OCc1nc2ccccc2c2ccccc12. The summed E-state index contributed by atoms with van der Waals surface area (Å²) < 4.78 is 11.1. The molecule has 0 aliphatic rings. The molecule has 0 amide bonds. The molecular weight excluding hydrogens is 338 g/mol. The number of para-hydroxylation sites is 2. The van der Waals surface area contributed by atoms with E-state index in [0.29, 0.717) is 5.75 Å². The number of carbonyl (C=O) groups excluding carboxylic acids is 1. The summed E-state index contributed by atoms with van der Waals surface area (Å²) in [7, 11) is 0. The third-order valence-electron chi connectivity index (χ3n) is 4.43. The van der Waals surface area contributed by atoms with Crippen LogP contribution in [0.1, 0.15) is 12.6 Å². The van der Waals surface area contributed by atoms with Crippen molar-refractivity contribution in [1.29, 1.82) is 0 Å². The van der Waals surface area contributed by atoms with E-state index in [1.54, 1.807) is 6.92 Å². The van der Waals surface area contributed by atoms with Crippen LogP contribution in [0.2, 0.25) is 0 Å². The lowest BCUT2D eigenvalue weighted by molar-refractivity contribution is -0.152. The molecular formula is C23H19NO3. The van der Waals surface area contributed by atoms with Gasteiger partial charge in [-0.2, -0.15) is 0 Å². The first-order valence-corrected chi connectivity index (χ1v) is 8.87. The van der Waals surface area contributed by atoms with Gasteiger partial charge >= 0.3 is 5.97 Å². The number of pyridine rings is 1. The van der Waals surface area contributed by atoms with Crippen molar-refractivity contribution in [2.75, 3.05) is 0 Å². The number of benzene rings is 3. The number of rotatable bonds is 5. The average Bonchev–Trinajstić information content (AvgIpc) is 2.72. The van der Waals surface area contributed by atoms with Gasteiger partial charge in [0.25, 0.3) is 0 Å². The Balaban J connectivity index is 1.55. The Morgan fingerprint density at radius 2 is 1.48 bits per heavy atom. The number of hydrogen-bond donors (Lipinski definition) is 0. The molecule has 1 aromatic heterocycles. The Morgan fingerprint density at radius 3 is 2.26 bits per heavy atom. The Hall–Kier alpha value is -3.40. The van der Waals surface area contributed by atoms with E-state index in [4.69, 9.17) is 14.5 Å². The summed E-state index contributed by atoms with van der Waals surface area (Å²) in [5.74, 6) is 0.217. The molecule has 4 aromatic rings. The smallest absolute Gasteiger partial charge is 0.347 e. The molecule has 0 saturated carbocycles. The quantitative estimate of drug-likeness (QED) is 0.377. The highest BCUT2D eigenvalue weighted by Crippen LogP contribution is 2.26. The molecule has 0 spiro atoms. The first kappa shape index (κ1) is 17.0. The molecule has 3 aromatic carbocycles. The number of ether oxygens (including phenoxy) is 2. The van der Waals surface area contributed by atoms with E-state index in [9.17, 15) is 4.79 Å². The summed E-state index contributed by atoms with van der Waals surface area (Å²) in [5, 5.41) is 3.17. The predicted octanol–water partition coefficient (Wildman–Crippen LogP) is 4.90. The van der Waals surface area contributed by atoms with Crippen LogP contribution in [0.4, 0.5) is 0 Å². The summed E-state index contributed by atoms with van der Waals surface area (Å²) in [4.78, 5) is 17.0. The van der Waals surface area contributed by atoms with Crippen LogP contribution in [-0.4, -0.2) is 17.1 Å². The van der Waals surface area contributed by atoms with Crippen molar-refractivity contribution in [2.24, 2.45) is 0 Å². The van der Waals surface area contributed by atoms with Gasteiger partial charge in [-0.05, 0) is 30.5 Å². The van der Waals surface area contributed by atoms with Crippen molar-refractivity contribution < 1.29 is 14.3 Å². The van der Waals surface area contributed by atoms with Crippen molar-refractivity contribution in [3.8, 4) is 5.75 Å². The number of hydrogen-bond acceptors (Lipinski definition) is 4. The summed E-state index contributed by atoms with van der Waals surface area (Å²) >= 11 is 0. The van der Waals surface area contributed by atoms with E-state index in [0.717, 1.165) is 27.4 Å². The molecule has 0 saturated heterocycles. The van der Waals surface area contributed by atoms with Crippen molar-refractivity contribution in [1.82, 2.24) is 4.98 Å². The fraction of sp³-hybridized carbons (Fsp3) is 0.130. The second-order valence-corrected chi connectivity index (χ2v) is 6.30. The molecule has 4 heteroatoms. The summed E-state index contributed by atoms with van der Waals surface area (Å²) in [6, 6.07) is 25.2. The van der Waals surface area contributed by atoms with E-state index in [1.165, 1.54) is 0 Å². The molecule has 134 valence electrons. The summed E-state index contributed by atoms with van der Waals surface area (Å²) in [5.41, 5.74) is 1.63. The molecule has 1 heterocycles. The van der Waals surface area contributed by atoms with Crippen LogP contribution in [0.25, 0.3) is 21.7 Å². The lowest BCUT2D eigenvalue weighted by atomic mass is 10.0. The third kappa shape index (κ3) is 3.60. The average molecular weight is 357 g/mol. The maximum Gasteiger partial charge on any atom is 0.347 e. The monoisotopic (exact) mass is 357 g/mol. The Morgan fingerprint density at radius 1 is 0.852 bits per heavy atom. The minimum Gasteiger partial charge on any atom is -0.479 e. The van der Waals surface area contributed by atoms with Crippen LogP contribution in [0.15, 0.2) is 78.9 Å². The number of carbonyl (C=O) groups is 1. The minimum atomic E-state index is -0.695. The predicted molar refractivity (Wildman–Crippen MR) is 106 cm³/mol. The zero-order chi connectivity index (χ0) is 18.6. The maximum absolute atomic E-state index is 12.3. The molecule has 0 aliphatic heterocycles. The van der Waals surface area contributed by atoms with E-state index >= 15 is 0 Å². The van der Waals surface area contributed by atoms with Gasteiger partial charge in [0, 0.05) is 10.8 Å². The fourth-order valence-electron chi connectivity index (χ4n) is 3.09. The highest BCUT2D eigenvalue weighted by molar-refractivity contribution is 6.06. The van der Waals surface area contributed by atoms with E-state index in [1.807, 2.05) is 66.7 Å². The zero-order valence-electron chi connectivity index (χ0n) is 15.0. The van der Waals surface area contributed by atoms with Crippen molar-refractivity contribution in [3.05, 3.63) is 84.6 Å². The second kappa shape index (κ2) is 7.46. The normalized spacial score (nSPS) is 12.0. The van der Waals surface area contributed by atoms with Crippen LogP contribution < -0.4 is 4.74 Å². The Labute approximate surface area is 157 Å². The minimum absolute atomic E-state index is 0.104. The molecule has 1 atom stereocenters. The van der Waals surface area contributed by atoms with Gasteiger partial charge in [0.1, 0.15) is 12.4 Å². The van der Waals surface area contributed by atoms with Gasteiger partial charge in [-0.1, -0.05) is 60.7 Å². The van der Waals surface area contributed by atoms with Crippen LogP contribution in [0.5, 0.6) is 5.75 Å². The van der Waals surface area contributed by atoms with Crippen molar-refractivity contribution in [3.63, 3.8) is 0 Å². The van der Waals surface area contributed by atoms with E-state index in [-0.39, 0.29) is 6.61 Å². The standard InChI is InChI=1S/C23H19NO3/c1-16(27-17-9-3-2-4-10-17)23(25)26-15-22-20-13-6-5-11-18(20)19-12-7-8-14-21(19)24-22/h2-14,16H,15H2,1H3. The molecule has 4 rings (SSSR count). The fourth-order valence-corrected chi connectivity index (χ4v) is 3.09. The maximum atomic E-state index is 12.3. The Bertz CT molecular complexity index is 1090. The molecule has 27 heavy (non-hydrogen) atoms. The summed E-state index contributed by atoms with van der Waals surface area (Å²) in [6.45, 7) is 1.79. The zero-order valence-corrected chi connectivity index (χ0v) is 15.0. The van der Waals surface area contributed by atoms with Gasteiger partial charge in [-0.25, -0.2) is 9.78 Å². The van der Waals surface area contributed by atoms with Gasteiger partial charge in [0.15, 0.2) is 6.10 Å². The number of esters is 1. The molecule has 1 unspecified atom stereocenters. The lowest BCUT2D eigenvalue weighted by Crippen LogP contribution is -2.26. The molecule has 0 N–H and O–H groups in total. The van der Waals surface area contributed by atoms with E-state index in [2.05, 4.69) is 12.1 Å². The van der Waals surface area contributed by atoms with Crippen LogP contribution in [-0.2, 0) is 16.1 Å². The van der Waals surface area contributed by atoms with Gasteiger partial charge in [0.2, 0.25) is 0 Å². The van der Waals surface area contributed by atoms with E-state index < -0.39 is 12.1 Å².